The lowest BCUT2D eigenvalue weighted by Crippen LogP contribution is -2.75. The van der Waals surface area contributed by atoms with Gasteiger partial charge in [-0.05, 0) is 20.3 Å². The van der Waals surface area contributed by atoms with Crippen LogP contribution in [0.5, 0.6) is 0 Å². The minimum Gasteiger partial charge on any atom is -0.156 e. The molecule has 0 saturated carbocycles. The van der Waals surface area contributed by atoms with Gasteiger partial charge in [0.1, 0.15) is 0 Å². The molecular formula is C23H32SSi2. The van der Waals surface area contributed by atoms with Crippen LogP contribution in [-0.2, 0) is 0 Å². The van der Waals surface area contributed by atoms with Crippen molar-refractivity contribution in [3.05, 3.63) is 71.8 Å². The predicted octanol–water partition coefficient (Wildman–Crippen LogP) is 5.51. The first-order chi connectivity index (χ1) is 12.2. The van der Waals surface area contributed by atoms with Gasteiger partial charge in [-0.3, -0.25) is 0 Å². The van der Waals surface area contributed by atoms with Crippen molar-refractivity contribution < 1.29 is 0 Å². The maximum Gasteiger partial charge on any atom is 0.0951 e. The lowest BCUT2D eigenvalue weighted by Gasteiger charge is -2.56. The largest absolute Gasteiger partial charge is 0.156 e. The SMILES string of the molecule is CC1=C(C)CC([Si](C)(C)c2ccccc2)([Si](C)(C)c2ccccc2)SC1. The van der Waals surface area contributed by atoms with Crippen LogP contribution in [0.4, 0.5) is 0 Å². The molecule has 0 aliphatic carbocycles. The summed E-state index contributed by atoms with van der Waals surface area (Å²) in [6, 6.07) is 22.8. The molecule has 2 aromatic carbocycles. The molecular weight excluding hydrogens is 364 g/mol. The van der Waals surface area contributed by atoms with Crippen LogP contribution in [-0.4, -0.2) is 25.9 Å². The van der Waals surface area contributed by atoms with Gasteiger partial charge < -0.3 is 0 Å². The Morgan fingerprint density at radius 2 is 1.12 bits per heavy atom. The number of hydrogen-bond acceptors (Lipinski definition) is 1. The summed E-state index contributed by atoms with van der Waals surface area (Å²) in [6.45, 7) is 15.2. The molecule has 0 atom stereocenters. The Kier molecular flexibility index (Phi) is 5.44. The molecule has 3 rings (SSSR count). The van der Waals surface area contributed by atoms with Gasteiger partial charge in [0.15, 0.2) is 0 Å². The fourth-order valence-electron chi connectivity index (χ4n) is 4.69. The van der Waals surface area contributed by atoms with Gasteiger partial charge in [0.25, 0.3) is 0 Å². The van der Waals surface area contributed by atoms with Crippen LogP contribution < -0.4 is 10.4 Å². The van der Waals surface area contributed by atoms with Crippen molar-refractivity contribution in [2.24, 2.45) is 0 Å². The Hall–Kier alpha value is -1.04. The Labute approximate surface area is 166 Å². The topological polar surface area (TPSA) is 0 Å². The van der Waals surface area contributed by atoms with E-state index in [0.29, 0.717) is 3.99 Å². The molecule has 1 heterocycles. The van der Waals surface area contributed by atoms with Gasteiger partial charge in [-0.2, -0.15) is 11.8 Å². The van der Waals surface area contributed by atoms with E-state index in [1.54, 1.807) is 21.5 Å². The third kappa shape index (κ3) is 3.08. The van der Waals surface area contributed by atoms with Gasteiger partial charge in [-0.1, -0.05) is 108 Å². The van der Waals surface area contributed by atoms with E-state index >= 15 is 0 Å². The Balaban J connectivity index is 2.22. The summed E-state index contributed by atoms with van der Waals surface area (Å²) in [5, 5.41) is 3.22. The average molecular weight is 397 g/mol. The molecule has 2 aromatic rings. The predicted molar refractivity (Wildman–Crippen MR) is 125 cm³/mol. The van der Waals surface area contributed by atoms with Crippen LogP contribution in [0.3, 0.4) is 0 Å². The van der Waals surface area contributed by atoms with Crippen molar-refractivity contribution in [2.75, 3.05) is 5.75 Å². The molecule has 0 spiro atoms. The number of rotatable bonds is 4. The molecule has 3 heteroatoms. The van der Waals surface area contributed by atoms with Crippen LogP contribution in [0, 0.1) is 0 Å². The van der Waals surface area contributed by atoms with Gasteiger partial charge in [0, 0.05) is 9.75 Å². The van der Waals surface area contributed by atoms with Crippen molar-refractivity contribution in [3.8, 4) is 0 Å². The highest BCUT2D eigenvalue weighted by atomic mass is 32.2. The lowest BCUT2D eigenvalue weighted by atomic mass is 10.1. The van der Waals surface area contributed by atoms with Crippen molar-refractivity contribution in [1.82, 2.24) is 0 Å². The van der Waals surface area contributed by atoms with E-state index in [-0.39, 0.29) is 0 Å². The minimum absolute atomic E-state index is 0.367. The molecule has 0 N–H and O–H groups in total. The summed E-state index contributed by atoms with van der Waals surface area (Å²) in [5.41, 5.74) is 3.23. The molecule has 0 bridgehead atoms. The highest BCUT2D eigenvalue weighted by Crippen LogP contribution is 2.50. The Morgan fingerprint density at radius 1 is 0.692 bits per heavy atom. The summed E-state index contributed by atoms with van der Waals surface area (Å²) < 4.78 is 0.367. The Morgan fingerprint density at radius 3 is 1.50 bits per heavy atom. The summed E-state index contributed by atoms with van der Waals surface area (Å²) >= 11 is 2.29. The van der Waals surface area contributed by atoms with E-state index in [2.05, 4.69) is 112 Å². The zero-order valence-corrected chi connectivity index (χ0v) is 19.9. The zero-order chi connectivity index (χ0) is 19.0. The quantitative estimate of drug-likeness (QED) is 0.485. The van der Waals surface area contributed by atoms with E-state index in [9.17, 15) is 0 Å². The fourth-order valence-corrected chi connectivity index (χ4v) is 21.3. The van der Waals surface area contributed by atoms with Gasteiger partial charge >= 0.3 is 0 Å². The number of thioether (sulfide) groups is 1. The molecule has 26 heavy (non-hydrogen) atoms. The second-order valence-corrected chi connectivity index (χ2v) is 20.7. The third-order valence-corrected chi connectivity index (χ3v) is 23.6. The maximum absolute atomic E-state index is 2.63. The average Bonchev–Trinajstić information content (AvgIpc) is 2.65. The first-order valence-electron chi connectivity index (χ1n) is 9.62. The summed E-state index contributed by atoms with van der Waals surface area (Å²) in [6.07, 6.45) is 1.26. The first-order valence-corrected chi connectivity index (χ1v) is 16.6. The lowest BCUT2D eigenvalue weighted by molar-refractivity contribution is 0.901. The van der Waals surface area contributed by atoms with E-state index in [4.69, 9.17) is 0 Å². The molecule has 0 nitrogen and oxygen atoms in total. The molecule has 1 aliphatic rings. The van der Waals surface area contributed by atoms with Crippen LogP contribution >= 0.6 is 11.8 Å². The molecule has 1 aliphatic heterocycles. The summed E-state index contributed by atoms with van der Waals surface area (Å²) in [4.78, 5) is 0. The molecule has 0 radical (unpaired) electrons. The third-order valence-electron chi connectivity index (χ3n) is 6.79. The summed E-state index contributed by atoms with van der Waals surface area (Å²) in [5.74, 6) is 1.19. The monoisotopic (exact) mass is 396 g/mol. The van der Waals surface area contributed by atoms with Gasteiger partial charge in [-0.25, -0.2) is 0 Å². The molecule has 0 fully saturated rings. The second-order valence-electron chi connectivity index (χ2n) is 8.84. The smallest absolute Gasteiger partial charge is 0.0951 e. The maximum atomic E-state index is 2.63. The van der Waals surface area contributed by atoms with Crippen molar-refractivity contribution in [2.45, 2.75) is 50.4 Å². The van der Waals surface area contributed by atoms with Gasteiger partial charge in [0.05, 0.1) is 16.1 Å². The second kappa shape index (κ2) is 7.18. The van der Waals surface area contributed by atoms with E-state index in [0.717, 1.165) is 0 Å². The van der Waals surface area contributed by atoms with E-state index < -0.39 is 16.1 Å². The number of hydrogen-bond donors (Lipinski definition) is 0. The molecule has 138 valence electrons. The standard InChI is InChI=1S/C23H32SSi2/c1-19-17-23(24-18-20(19)2,25(3,4)21-13-9-7-10-14-21)26(5,6)22-15-11-8-12-16-22/h7-16H,17-18H2,1-6H3. The minimum atomic E-state index is -1.73. The van der Waals surface area contributed by atoms with E-state index in [1.807, 2.05) is 0 Å². The van der Waals surface area contributed by atoms with Crippen molar-refractivity contribution in [3.63, 3.8) is 0 Å². The Bertz CT molecular complexity index is 740. The van der Waals surface area contributed by atoms with Crippen LogP contribution in [0.25, 0.3) is 0 Å². The first kappa shape index (κ1) is 19.7. The van der Waals surface area contributed by atoms with E-state index in [1.165, 1.54) is 12.2 Å². The van der Waals surface area contributed by atoms with Gasteiger partial charge in [0.2, 0.25) is 0 Å². The van der Waals surface area contributed by atoms with Crippen molar-refractivity contribution in [1.29, 1.82) is 0 Å². The molecule has 0 saturated heterocycles. The van der Waals surface area contributed by atoms with Crippen LogP contribution in [0.2, 0.25) is 26.2 Å². The van der Waals surface area contributed by atoms with Crippen LogP contribution in [0.1, 0.15) is 20.3 Å². The summed E-state index contributed by atoms with van der Waals surface area (Å²) in [7, 11) is -3.46. The van der Waals surface area contributed by atoms with Crippen molar-refractivity contribution >= 4 is 38.3 Å². The fraction of sp³-hybridized carbons (Fsp3) is 0.391. The molecule has 0 aromatic heterocycles. The van der Waals surface area contributed by atoms with Crippen LogP contribution in [0.15, 0.2) is 71.8 Å². The highest BCUT2D eigenvalue weighted by Gasteiger charge is 2.59. The number of allylic oxidation sites excluding steroid dienone is 1. The highest BCUT2D eigenvalue weighted by molar-refractivity contribution is 8.05. The number of benzene rings is 2. The zero-order valence-electron chi connectivity index (χ0n) is 17.1. The molecule has 0 amide bonds. The molecule has 0 unspecified atom stereocenters. The van der Waals surface area contributed by atoms with Gasteiger partial charge in [-0.15, -0.1) is 0 Å². The normalized spacial score (nSPS) is 18.1.